The van der Waals surface area contributed by atoms with Crippen molar-refractivity contribution < 1.29 is 48.0 Å². The molecule has 0 aliphatic carbocycles. The van der Waals surface area contributed by atoms with Crippen LogP contribution in [0.1, 0.15) is 68.9 Å². The quantitative estimate of drug-likeness (QED) is 0.257. The number of methoxy groups -OCH3 is 2. The average Bonchev–Trinajstić information content (AvgIpc) is 3.86. The fraction of sp³-hybridized carbons (Fsp3) is 0.476. The van der Waals surface area contributed by atoms with Crippen LogP contribution < -0.4 is 15.0 Å². The molecular formula is C42H52ClN3O10. The average molecular weight is 794 g/mol. The van der Waals surface area contributed by atoms with Crippen molar-refractivity contribution in [1.82, 2.24) is 10.2 Å². The first-order chi connectivity index (χ1) is 26.3. The van der Waals surface area contributed by atoms with Crippen LogP contribution in [0.25, 0.3) is 5.57 Å². The second-order valence-corrected chi connectivity index (χ2v) is 15.6. The van der Waals surface area contributed by atoms with Crippen molar-refractivity contribution in [3.63, 3.8) is 0 Å². The fourth-order valence-electron chi connectivity index (χ4n) is 7.28. The number of allylic oxidation sites excluding steroid dienone is 4. The number of carbonyl (C=O) groups excluding carboxylic acids is 4. The molecule has 2 fully saturated rings. The predicted molar refractivity (Wildman–Crippen MR) is 211 cm³/mol. The van der Waals surface area contributed by atoms with E-state index in [-0.39, 0.29) is 17.9 Å². The summed E-state index contributed by atoms with van der Waals surface area (Å²) in [7, 11) is 5.99. The summed E-state index contributed by atoms with van der Waals surface area (Å²) in [6.07, 6.45) is 0.815. The number of aliphatic hydroxyl groups is 1. The maximum atomic E-state index is 14.2. The number of esters is 1. The number of halogens is 1. The van der Waals surface area contributed by atoms with Gasteiger partial charge in [-0.2, -0.15) is 0 Å². The maximum Gasteiger partial charge on any atom is 0.409 e. The molecule has 2 aromatic rings. The largest absolute Gasteiger partial charge is 0.495 e. The Morgan fingerprint density at radius 1 is 1.16 bits per heavy atom. The third-order valence-electron chi connectivity index (χ3n) is 11.1. The lowest BCUT2D eigenvalue weighted by Gasteiger charge is -2.42. The molecule has 14 heteroatoms. The lowest BCUT2D eigenvalue weighted by Crippen LogP contribution is -2.63. The van der Waals surface area contributed by atoms with Gasteiger partial charge in [0.25, 0.3) is 5.91 Å². The number of epoxide rings is 1. The fourth-order valence-corrected chi connectivity index (χ4v) is 7.59. The molecule has 0 radical (unpaired) electrons. The highest BCUT2D eigenvalue weighted by atomic mass is 35.5. The number of nitrogens with zero attached hydrogens (tertiary/aromatic N) is 2. The zero-order valence-corrected chi connectivity index (χ0v) is 34.1. The molecular weight excluding hydrogens is 742 g/mol. The molecule has 8 atom stereocenters. The summed E-state index contributed by atoms with van der Waals surface area (Å²) in [5.41, 5.74) is 1.13. The molecule has 0 unspecified atom stereocenters. The van der Waals surface area contributed by atoms with Gasteiger partial charge in [-0.1, -0.05) is 66.6 Å². The Balaban J connectivity index is 1.51. The van der Waals surface area contributed by atoms with Crippen molar-refractivity contribution >= 4 is 46.7 Å². The molecule has 56 heavy (non-hydrogen) atoms. The third kappa shape index (κ3) is 8.81. The molecule has 0 aromatic heterocycles. The molecule has 2 N–H and O–H groups in total. The van der Waals surface area contributed by atoms with E-state index in [0.29, 0.717) is 23.4 Å². The summed E-state index contributed by atoms with van der Waals surface area (Å²) in [4.78, 5) is 57.2. The van der Waals surface area contributed by atoms with Crippen molar-refractivity contribution in [1.29, 1.82) is 0 Å². The van der Waals surface area contributed by atoms with Crippen LogP contribution in [0.2, 0.25) is 5.02 Å². The molecule has 3 heterocycles. The first kappa shape index (κ1) is 42.5. The molecule has 3 aliphatic rings. The standard InChI is InChI=1S/C42H52ClN3O10/c1-23(2)28-14-16-29(17-15-28)38(48)45(7)26(5)39(49)55-34-21-35(47)46(8)30-19-27(20-31(52-9)36(30)43)18-24(3)12-11-13-33(53-10)42(51)22-32(54-40(50)44-42)25(4)37-41(34,6)56-37/h11-17,19-20,25-26,32-34,37,51H,1,18,21-22H2,2-10H3,(H,44,50)/b13-11+,24-12+/t25-,26+,32+,33-,34+,37+,41+,42+/m1/s1. The molecule has 0 spiro atoms. The lowest BCUT2D eigenvalue weighted by molar-refractivity contribution is -0.158. The lowest BCUT2D eigenvalue weighted by atomic mass is 9.83. The third-order valence-corrected chi connectivity index (χ3v) is 11.5. The summed E-state index contributed by atoms with van der Waals surface area (Å²) in [6, 6.07) is 9.43. The van der Waals surface area contributed by atoms with Gasteiger partial charge in [0.1, 0.15) is 40.7 Å². The SMILES string of the molecule is C=C(C)c1ccc(C(=O)N(C)[C@@H](C)C(=O)O[C@H]2CC(=O)N(C)c3cc(cc(OC)c3Cl)C/C(C)=C/C=C/[C@@H](OC)[C@@]3(O)C[C@H](OC(=O)N3)[C@@H](C)[C@@H]3O[C@@]23C)cc1. The van der Waals surface area contributed by atoms with Gasteiger partial charge in [0.05, 0.1) is 25.3 Å². The summed E-state index contributed by atoms with van der Waals surface area (Å²) < 4.78 is 29.3. The van der Waals surface area contributed by atoms with Gasteiger partial charge in [-0.25, -0.2) is 9.59 Å². The van der Waals surface area contributed by atoms with Crippen LogP contribution in [0.5, 0.6) is 5.75 Å². The molecule has 5 rings (SSSR count). The van der Waals surface area contributed by atoms with E-state index in [1.165, 1.54) is 31.1 Å². The highest BCUT2D eigenvalue weighted by Crippen LogP contribution is 2.49. The van der Waals surface area contributed by atoms with E-state index in [1.807, 2.05) is 19.9 Å². The number of alkyl carbamates (subject to hydrolysis) is 1. The summed E-state index contributed by atoms with van der Waals surface area (Å²) in [5.74, 6) is -1.79. The summed E-state index contributed by atoms with van der Waals surface area (Å²) in [5, 5.41) is 14.5. The first-order valence-corrected chi connectivity index (χ1v) is 18.8. The highest BCUT2D eigenvalue weighted by Gasteiger charge is 2.64. The zero-order valence-electron chi connectivity index (χ0n) is 33.4. The first-order valence-electron chi connectivity index (χ1n) is 18.5. The van der Waals surface area contributed by atoms with Crippen LogP contribution in [-0.2, 0) is 35.0 Å². The number of fused-ring (bicyclic) bond motifs is 5. The van der Waals surface area contributed by atoms with Crippen LogP contribution in [0.4, 0.5) is 10.5 Å². The number of amides is 3. The Kier molecular flexibility index (Phi) is 12.7. The molecule has 4 bridgehead atoms. The minimum atomic E-state index is -1.84. The van der Waals surface area contributed by atoms with E-state index in [4.69, 9.17) is 35.3 Å². The van der Waals surface area contributed by atoms with Crippen molar-refractivity contribution in [2.24, 2.45) is 5.92 Å². The van der Waals surface area contributed by atoms with E-state index < -0.39 is 71.6 Å². The molecule has 0 saturated carbocycles. The van der Waals surface area contributed by atoms with Crippen LogP contribution in [-0.4, -0.2) is 104 Å². The monoisotopic (exact) mass is 793 g/mol. The number of anilines is 1. The zero-order chi connectivity index (χ0) is 41.3. The van der Waals surface area contributed by atoms with Crippen LogP contribution in [0.15, 0.2) is 66.8 Å². The summed E-state index contributed by atoms with van der Waals surface area (Å²) in [6.45, 7) is 12.8. The topological polar surface area (TPSA) is 156 Å². The number of carbonyl (C=O) groups is 4. The van der Waals surface area contributed by atoms with Crippen LogP contribution in [0.3, 0.4) is 0 Å². The normalized spacial score (nSPS) is 30.0. The van der Waals surface area contributed by atoms with Gasteiger partial charge in [-0.3, -0.25) is 14.9 Å². The molecule has 302 valence electrons. The predicted octanol–water partition coefficient (Wildman–Crippen LogP) is 5.86. The van der Waals surface area contributed by atoms with Crippen LogP contribution in [0, 0.1) is 5.92 Å². The van der Waals surface area contributed by atoms with E-state index in [2.05, 4.69) is 11.9 Å². The number of nitrogens with one attached hydrogen (secondary N) is 1. The second-order valence-electron chi connectivity index (χ2n) is 15.2. The Morgan fingerprint density at radius 2 is 1.82 bits per heavy atom. The molecule has 2 aromatic carbocycles. The Labute approximate surface area is 333 Å². The number of hydrogen-bond donors (Lipinski definition) is 2. The number of ether oxygens (including phenoxy) is 5. The smallest absolute Gasteiger partial charge is 0.409 e. The van der Waals surface area contributed by atoms with E-state index in [9.17, 15) is 24.3 Å². The number of hydrogen-bond acceptors (Lipinski definition) is 10. The van der Waals surface area contributed by atoms with Gasteiger partial charge in [-0.15, -0.1) is 0 Å². The van der Waals surface area contributed by atoms with Crippen molar-refractivity contribution in [2.45, 2.75) is 95.7 Å². The highest BCUT2D eigenvalue weighted by molar-refractivity contribution is 6.35. The van der Waals surface area contributed by atoms with Crippen molar-refractivity contribution in [3.8, 4) is 5.75 Å². The molecule has 3 aliphatic heterocycles. The maximum absolute atomic E-state index is 14.2. The number of benzene rings is 2. The van der Waals surface area contributed by atoms with E-state index >= 15 is 0 Å². The van der Waals surface area contributed by atoms with Gasteiger partial charge < -0.3 is 38.6 Å². The number of likely N-dealkylation sites (N-methyl/N-ethyl adjacent to an activating group) is 1. The van der Waals surface area contributed by atoms with Gasteiger partial charge >= 0.3 is 12.1 Å². The molecule has 13 nitrogen and oxygen atoms in total. The van der Waals surface area contributed by atoms with E-state index in [1.54, 1.807) is 76.4 Å². The van der Waals surface area contributed by atoms with Gasteiger partial charge in [0.2, 0.25) is 5.91 Å². The summed E-state index contributed by atoms with van der Waals surface area (Å²) >= 11 is 6.78. The Bertz CT molecular complexity index is 1930. The molecule has 2 saturated heterocycles. The van der Waals surface area contributed by atoms with Crippen LogP contribution >= 0.6 is 11.6 Å². The minimum absolute atomic E-state index is 0.0606. The van der Waals surface area contributed by atoms with Gasteiger partial charge in [-0.05, 0) is 69.5 Å². The second kappa shape index (κ2) is 16.8. The Hall–Kier alpha value is -4.69. The van der Waals surface area contributed by atoms with Crippen molar-refractivity contribution in [3.05, 3.63) is 88.5 Å². The Morgan fingerprint density at radius 3 is 2.45 bits per heavy atom. The van der Waals surface area contributed by atoms with Crippen molar-refractivity contribution in [2.75, 3.05) is 33.2 Å². The molecule has 3 amide bonds. The van der Waals surface area contributed by atoms with Gasteiger partial charge in [0.15, 0.2) is 5.72 Å². The van der Waals surface area contributed by atoms with Gasteiger partial charge in [0, 0.05) is 39.1 Å². The van der Waals surface area contributed by atoms with E-state index in [0.717, 1.165) is 22.3 Å². The number of rotatable bonds is 7. The minimum Gasteiger partial charge on any atom is -0.495 e.